The first kappa shape index (κ1) is 9.85. The molecule has 0 aliphatic heterocycles. The molecule has 70 valence electrons. The molecule has 0 amide bonds. The van der Waals surface area contributed by atoms with Crippen LogP contribution in [0.1, 0.15) is 26.7 Å². The number of allylic oxidation sites excluding steroid dienone is 7. The van der Waals surface area contributed by atoms with Gasteiger partial charge in [-0.2, -0.15) is 0 Å². The van der Waals surface area contributed by atoms with Crippen molar-refractivity contribution >= 4 is 0 Å². The van der Waals surface area contributed by atoms with Crippen molar-refractivity contribution in [1.82, 2.24) is 0 Å². The molecule has 0 unspecified atom stereocenters. The maximum absolute atomic E-state index is 5.28. The van der Waals surface area contributed by atoms with Gasteiger partial charge in [0.05, 0.1) is 0 Å². The van der Waals surface area contributed by atoms with Gasteiger partial charge in [-0.15, -0.1) is 0 Å². The van der Waals surface area contributed by atoms with E-state index in [1.165, 1.54) is 16.7 Å². The van der Waals surface area contributed by atoms with Gasteiger partial charge in [0, 0.05) is 0 Å². The van der Waals surface area contributed by atoms with Crippen molar-refractivity contribution < 1.29 is 0 Å². The molecule has 1 aliphatic rings. The van der Waals surface area contributed by atoms with E-state index in [0.717, 1.165) is 12.8 Å². The Balaban J connectivity index is 2.82. The molecule has 0 bridgehead atoms. The third-order valence-electron chi connectivity index (χ3n) is 2.31. The highest BCUT2D eigenvalue weighted by Crippen LogP contribution is 2.24. The molecule has 0 atom stereocenters. The fraction of sp³-hybridized carbons (Fsp3) is 0.333. The van der Waals surface area contributed by atoms with Crippen LogP contribution in [0.15, 0.2) is 47.2 Å². The van der Waals surface area contributed by atoms with Crippen molar-refractivity contribution in [3.63, 3.8) is 0 Å². The minimum atomic E-state index is 1.03. The molecule has 1 aliphatic carbocycles. The van der Waals surface area contributed by atoms with Gasteiger partial charge in [-0.25, -0.2) is 0 Å². The molecule has 0 aromatic rings. The molecule has 2 N–H and O–H groups in total. The molecular weight excluding hydrogens is 158 g/mol. The summed E-state index contributed by atoms with van der Waals surface area (Å²) in [5.74, 6) is 0. The Kier molecular flexibility index (Phi) is 3.56. The molecule has 1 heteroatoms. The zero-order valence-electron chi connectivity index (χ0n) is 8.38. The third kappa shape index (κ3) is 2.62. The molecule has 0 aromatic heterocycles. The average molecular weight is 175 g/mol. The summed E-state index contributed by atoms with van der Waals surface area (Å²) < 4.78 is 0. The monoisotopic (exact) mass is 175 g/mol. The van der Waals surface area contributed by atoms with E-state index in [1.54, 1.807) is 6.20 Å². The Morgan fingerprint density at radius 2 is 2.31 bits per heavy atom. The minimum Gasteiger partial charge on any atom is -0.405 e. The van der Waals surface area contributed by atoms with Crippen LogP contribution in [-0.2, 0) is 0 Å². The third-order valence-corrected chi connectivity index (χ3v) is 2.31. The van der Waals surface area contributed by atoms with Crippen molar-refractivity contribution in [3.8, 4) is 0 Å². The van der Waals surface area contributed by atoms with E-state index >= 15 is 0 Å². The molecule has 0 saturated carbocycles. The predicted octanol–water partition coefficient (Wildman–Crippen LogP) is 3.07. The fourth-order valence-corrected chi connectivity index (χ4v) is 1.47. The lowest BCUT2D eigenvalue weighted by molar-refractivity contribution is 1.05. The average Bonchev–Trinajstić information content (AvgIpc) is 2.16. The standard InChI is InChI=1S/C12H17N/c1-3-12-9-11(5-4-8-13)7-6-10(12)2/h4-6,8-9H,3,7,13H2,1-2H3/b8-4-,11-5+. The van der Waals surface area contributed by atoms with Gasteiger partial charge in [-0.3, -0.25) is 0 Å². The lowest BCUT2D eigenvalue weighted by Gasteiger charge is -2.12. The highest BCUT2D eigenvalue weighted by Gasteiger charge is 2.04. The first-order valence-electron chi connectivity index (χ1n) is 4.73. The maximum Gasteiger partial charge on any atom is -0.00623 e. The van der Waals surface area contributed by atoms with Crippen LogP contribution in [0.4, 0.5) is 0 Å². The lowest BCUT2D eigenvalue weighted by atomic mass is 9.94. The number of nitrogens with two attached hydrogens (primary N) is 1. The van der Waals surface area contributed by atoms with Crippen molar-refractivity contribution in [3.05, 3.63) is 47.2 Å². The van der Waals surface area contributed by atoms with Crippen molar-refractivity contribution in [2.45, 2.75) is 26.7 Å². The molecule has 0 heterocycles. The summed E-state index contributed by atoms with van der Waals surface area (Å²) >= 11 is 0. The number of hydrogen-bond acceptors (Lipinski definition) is 1. The van der Waals surface area contributed by atoms with E-state index in [0.29, 0.717) is 0 Å². The quantitative estimate of drug-likeness (QED) is 0.685. The topological polar surface area (TPSA) is 26.0 Å². The second kappa shape index (κ2) is 4.70. The molecule has 1 nitrogen and oxygen atoms in total. The SMILES string of the molecule is CCC1=C/C(=C/C=C\N)CC=C1C. The molecule has 13 heavy (non-hydrogen) atoms. The molecule has 0 aromatic carbocycles. The maximum atomic E-state index is 5.28. The molecule has 0 radical (unpaired) electrons. The Labute approximate surface area is 80.3 Å². The lowest BCUT2D eigenvalue weighted by Crippen LogP contribution is -1.93. The van der Waals surface area contributed by atoms with Gasteiger partial charge in [0.2, 0.25) is 0 Å². The van der Waals surface area contributed by atoms with Gasteiger partial charge in [-0.1, -0.05) is 30.7 Å². The first-order valence-corrected chi connectivity index (χ1v) is 4.73. The number of hydrogen-bond donors (Lipinski definition) is 1. The summed E-state index contributed by atoms with van der Waals surface area (Å²) in [4.78, 5) is 0. The van der Waals surface area contributed by atoms with Crippen LogP contribution in [0.2, 0.25) is 0 Å². The minimum absolute atomic E-state index is 1.03. The van der Waals surface area contributed by atoms with Crippen LogP contribution in [0.25, 0.3) is 0 Å². The van der Waals surface area contributed by atoms with E-state index in [1.807, 2.05) is 6.08 Å². The molecule has 1 rings (SSSR count). The summed E-state index contributed by atoms with van der Waals surface area (Å²) in [5, 5.41) is 0. The zero-order valence-corrected chi connectivity index (χ0v) is 8.38. The molecular formula is C12H17N. The molecule has 0 fully saturated rings. The highest BCUT2D eigenvalue weighted by atomic mass is 14.5. The van der Waals surface area contributed by atoms with E-state index in [4.69, 9.17) is 5.73 Å². The van der Waals surface area contributed by atoms with Gasteiger partial charge < -0.3 is 5.73 Å². The Hall–Kier alpha value is -1.24. The highest BCUT2D eigenvalue weighted by molar-refractivity contribution is 5.42. The van der Waals surface area contributed by atoms with Gasteiger partial charge in [-0.05, 0) is 43.2 Å². The number of rotatable bonds is 2. The Morgan fingerprint density at radius 1 is 1.54 bits per heavy atom. The second-order valence-corrected chi connectivity index (χ2v) is 3.24. The van der Waals surface area contributed by atoms with Crippen LogP contribution in [-0.4, -0.2) is 0 Å². The van der Waals surface area contributed by atoms with Crippen LogP contribution in [0, 0.1) is 0 Å². The van der Waals surface area contributed by atoms with Gasteiger partial charge in [0.25, 0.3) is 0 Å². The van der Waals surface area contributed by atoms with E-state index in [9.17, 15) is 0 Å². The van der Waals surface area contributed by atoms with E-state index in [2.05, 4.69) is 32.1 Å². The predicted molar refractivity (Wildman–Crippen MR) is 58.2 cm³/mol. The van der Waals surface area contributed by atoms with Crippen LogP contribution >= 0.6 is 0 Å². The fourth-order valence-electron chi connectivity index (χ4n) is 1.47. The van der Waals surface area contributed by atoms with Gasteiger partial charge >= 0.3 is 0 Å². The summed E-state index contributed by atoms with van der Waals surface area (Å²) in [7, 11) is 0. The first-order chi connectivity index (χ1) is 6.27. The van der Waals surface area contributed by atoms with Crippen LogP contribution in [0.3, 0.4) is 0 Å². The Bertz CT molecular complexity index is 290. The van der Waals surface area contributed by atoms with Crippen molar-refractivity contribution in [2.75, 3.05) is 0 Å². The largest absolute Gasteiger partial charge is 0.405 e. The van der Waals surface area contributed by atoms with Crippen molar-refractivity contribution in [1.29, 1.82) is 0 Å². The van der Waals surface area contributed by atoms with E-state index in [-0.39, 0.29) is 0 Å². The zero-order chi connectivity index (χ0) is 9.68. The van der Waals surface area contributed by atoms with E-state index < -0.39 is 0 Å². The van der Waals surface area contributed by atoms with Crippen molar-refractivity contribution in [2.24, 2.45) is 5.73 Å². The summed E-state index contributed by atoms with van der Waals surface area (Å²) in [6.45, 7) is 4.36. The second-order valence-electron chi connectivity index (χ2n) is 3.24. The smallest absolute Gasteiger partial charge is 0.00623 e. The normalized spacial score (nSPS) is 20.6. The van der Waals surface area contributed by atoms with Gasteiger partial charge in [0.15, 0.2) is 0 Å². The van der Waals surface area contributed by atoms with Crippen LogP contribution in [0.5, 0.6) is 0 Å². The summed E-state index contributed by atoms with van der Waals surface area (Å²) in [5.41, 5.74) is 9.46. The molecule has 0 saturated heterocycles. The summed E-state index contributed by atoms with van der Waals surface area (Å²) in [6.07, 6.45) is 12.2. The van der Waals surface area contributed by atoms with Crippen LogP contribution < -0.4 is 5.73 Å². The van der Waals surface area contributed by atoms with Gasteiger partial charge in [0.1, 0.15) is 0 Å². The molecule has 0 spiro atoms. The summed E-state index contributed by atoms with van der Waals surface area (Å²) in [6, 6.07) is 0. The Morgan fingerprint density at radius 3 is 2.92 bits per heavy atom.